The molecule has 5 nitrogen and oxygen atoms in total. The van der Waals surface area contributed by atoms with Gasteiger partial charge in [-0.1, -0.05) is 24.3 Å². The normalized spacial score (nSPS) is 16.2. The topological polar surface area (TPSA) is 58.4 Å². The molecule has 1 aromatic heterocycles. The molecule has 1 aliphatic rings. The molecule has 5 heteroatoms. The fourth-order valence-electron chi connectivity index (χ4n) is 3.94. The summed E-state index contributed by atoms with van der Waals surface area (Å²) in [5.74, 6) is 0.00929. The van der Waals surface area contributed by atoms with Crippen molar-refractivity contribution in [1.82, 2.24) is 14.7 Å². The van der Waals surface area contributed by atoms with E-state index in [-0.39, 0.29) is 5.91 Å². The zero-order chi connectivity index (χ0) is 19.7. The summed E-state index contributed by atoms with van der Waals surface area (Å²) in [7, 11) is 0. The van der Waals surface area contributed by atoms with E-state index in [4.69, 9.17) is 0 Å². The Bertz CT molecular complexity index is 983. The lowest BCUT2D eigenvalue weighted by Gasteiger charge is -2.39. The SMILES string of the molecule is Cc1cnn(-c2ccc(C(=O)N3CCC(O)(c4ccccc4C)CC3)cc2)c1. The lowest BCUT2D eigenvalue weighted by atomic mass is 9.82. The largest absolute Gasteiger partial charge is 0.385 e. The van der Waals surface area contributed by atoms with E-state index in [0.29, 0.717) is 31.5 Å². The molecule has 1 amide bonds. The molecule has 0 aliphatic carbocycles. The Kier molecular flexibility index (Phi) is 4.77. The van der Waals surface area contributed by atoms with Gasteiger partial charge in [-0.25, -0.2) is 4.68 Å². The number of carbonyl (C=O) groups is 1. The fourth-order valence-corrected chi connectivity index (χ4v) is 3.94. The number of hydrogen-bond acceptors (Lipinski definition) is 3. The Labute approximate surface area is 165 Å². The van der Waals surface area contributed by atoms with Crippen molar-refractivity contribution in [3.63, 3.8) is 0 Å². The Morgan fingerprint density at radius 1 is 1.04 bits per heavy atom. The number of nitrogens with zero attached hydrogens (tertiary/aromatic N) is 3. The van der Waals surface area contributed by atoms with Crippen molar-refractivity contribution in [2.45, 2.75) is 32.3 Å². The van der Waals surface area contributed by atoms with Gasteiger partial charge in [0.1, 0.15) is 0 Å². The highest BCUT2D eigenvalue weighted by Gasteiger charge is 2.36. The van der Waals surface area contributed by atoms with Crippen LogP contribution in [-0.4, -0.2) is 38.8 Å². The Balaban J connectivity index is 1.45. The first kappa shape index (κ1) is 18.4. The van der Waals surface area contributed by atoms with E-state index in [1.54, 1.807) is 4.68 Å². The van der Waals surface area contributed by atoms with E-state index in [0.717, 1.165) is 22.4 Å². The minimum Gasteiger partial charge on any atom is -0.385 e. The van der Waals surface area contributed by atoms with Crippen LogP contribution in [0.5, 0.6) is 0 Å². The molecular formula is C23H25N3O2. The molecule has 28 heavy (non-hydrogen) atoms. The molecular weight excluding hydrogens is 350 g/mol. The van der Waals surface area contributed by atoms with Gasteiger partial charge in [-0.15, -0.1) is 0 Å². The van der Waals surface area contributed by atoms with Gasteiger partial charge in [0.05, 0.1) is 17.5 Å². The average molecular weight is 375 g/mol. The van der Waals surface area contributed by atoms with Crippen LogP contribution >= 0.6 is 0 Å². The number of hydrogen-bond donors (Lipinski definition) is 1. The van der Waals surface area contributed by atoms with Crippen LogP contribution in [0.1, 0.15) is 39.9 Å². The molecule has 3 aromatic rings. The third kappa shape index (κ3) is 3.45. The second-order valence-corrected chi connectivity index (χ2v) is 7.65. The zero-order valence-electron chi connectivity index (χ0n) is 16.3. The van der Waals surface area contributed by atoms with Crippen molar-refractivity contribution in [3.8, 4) is 5.69 Å². The van der Waals surface area contributed by atoms with Crippen LogP contribution in [-0.2, 0) is 5.60 Å². The molecule has 0 bridgehead atoms. The molecule has 0 spiro atoms. The van der Waals surface area contributed by atoms with Crippen LogP contribution in [0.3, 0.4) is 0 Å². The monoisotopic (exact) mass is 375 g/mol. The molecule has 2 heterocycles. The van der Waals surface area contributed by atoms with Crippen LogP contribution in [0.25, 0.3) is 5.69 Å². The van der Waals surface area contributed by atoms with Crippen LogP contribution in [0, 0.1) is 13.8 Å². The first-order chi connectivity index (χ1) is 13.5. The van der Waals surface area contributed by atoms with Gasteiger partial charge in [0.2, 0.25) is 0 Å². The highest BCUT2D eigenvalue weighted by Crippen LogP contribution is 2.35. The van der Waals surface area contributed by atoms with E-state index in [2.05, 4.69) is 5.10 Å². The number of aliphatic hydroxyl groups is 1. The first-order valence-electron chi connectivity index (χ1n) is 9.66. The van der Waals surface area contributed by atoms with Gasteiger partial charge in [0, 0.05) is 24.8 Å². The molecule has 144 valence electrons. The molecule has 1 saturated heterocycles. The van der Waals surface area contributed by atoms with E-state index in [1.165, 1.54) is 0 Å². The number of carbonyl (C=O) groups excluding carboxylic acids is 1. The average Bonchev–Trinajstić information content (AvgIpc) is 3.15. The smallest absolute Gasteiger partial charge is 0.253 e. The maximum absolute atomic E-state index is 12.9. The van der Waals surface area contributed by atoms with Crippen molar-refractivity contribution in [3.05, 3.63) is 83.2 Å². The predicted molar refractivity (Wildman–Crippen MR) is 109 cm³/mol. The number of likely N-dealkylation sites (tertiary alicyclic amines) is 1. The van der Waals surface area contributed by atoms with E-state index in [9.17, 15) is 9.90 Å². The van der Waals surface area contributed by atoms with Crippen molar-refractivity contribution >= 4 is 5.91 Å². The zero-order valence-corrected chi connectivity index (χ0v) is 16.3. The molecule has 0 atom stereocenters. The van der Waals surface area contributed by atoms with E-state index in [1.807, 2.05) is 79.7 Å². The Morgan fingerprint density at radius 2 is 1.71 bits per heavy atom. The number of rotatable bonds is 3. The van der Waals surface area contributed by atoms with Crippen LogP contribution in [0.15, 0.2) is 60.9 Å². The summed E-state index contributed by atoms with van der Waals surface area (Å²) in [5.41, 5.74) is 3.89. The van der Waals surface area contributed by atoms with Gasteiger partial charge in [0.25, 0.3) is 5.91 Å². The summed E-state index contributed by atoms with van der Waals surface area (Å²) in [4.78, 5) is 14.7. The molecule has 1 aliphatic heterocycles. The van der Waals surface area contributed by atoms with Gasteiger partial charge in [-0.3, -0.25) is 4.79 Å². The standard InChI is InChI=1S/C23H25N3O2/c1-17-15-24-26(16-17)20-9-7-19(8-10-20)22(27)25-13-11-23(28,12-14-25)21-6-4-3-5-18(21)2/h3-10,15-16,28H,11-14H2,1-2H3. The summed E-state index contributed by atoms with van der Waals surface area (Å²) < 4.78 is 1.80. The fraction of sp³-hybridized carbons (Fsp3) is 0.304. The van der Waals surface area contributed by atoms with Gasteiger partial charge in [0.15, 0.2) is 0 Å². The second-order valence-electron chi connectivity index (χ2n) is 7.65. The second kappa shape index (κ2) is 7.24. The highest BCUT2D eigenvalue weighted by molar-refractivity contribution is 5.94. The lowest BCUT2D eigenvalue weighted by molar-refractivity contribution is -0.0215. The maximum Gasteiger partial charge on any atom is 0.253 e. The summed E-state index contributed by atoms with van der Waals surface area (Å²) in [5, 5.41) is 15.4. The molecule has 0 radical (unpaired) electrons. The van der Waals surface area contributed by atoms with Crippen molar-refractivity contribution < 1.29 is 9.90 Å². The van der Waals surface area contributed by atoms with E-state index < -0.39 is 5.60 Å². The number of benzene rings is 2. The Hall–Kier alpha value is -2.92. The van der Waals surface area contributed by atoms with Crippen LogP contribution in [0.2, 0.25) is 0 Å². The molecule has 1 N–H and O–H groups in total. The number of aromatic nitrogens is 2. The highest BCUT2D eigenvalue weighted by atomic mass is 16.3. The summed E-state index contributed by atoms with van der Waals surface area (Å²) in [6.07, 6.45) is 4.86. The molecule has 1 fully saturated rings. The lowest BCUT2D eigenvalue weighted by Crippen LogP contribution is -2.45. The van der Waals surface area contributed by atoms with Crippen molar-refractivity contribution in [1.29, 1.82) is 0 Å². The van der Waals surface area contributed by atoms with Crippen LogP contribution < -0.4 is 0 Å². The summed E-state index contributed by atoms with van der Waals surface area (Å²) in [6.45, 7) is 5.11. The molecule has 2 aromatic carbocycles. The number of aryl methyl sites for hydroxylation is 2. The molecule has 4 rings (SSSR count). The minimum absolute atomic E-state index is 0.00929. The Morgan fingerprint density at radius 3 is 2.32 bits per heavy atom. The number of piperidine rings is 1. The van der Waals surface area contributed by atoms with Crippen LogP contribution in [0.4, 0.5) is 0 Å². The molecule has 0 unspecified atom stereocenters. The van der Waals surface area contributed by atoms with E-state index >= 15 is 0 Å². The summed E-state index contributed by atoms with van der Waals surface area (Å²) in [6, 6.07) is 15.5. The minimum atomic E-state index is -0.857. The van der Waals surface area contributed by atoms with Crippen molar-refractivity contribution in [2.75, 3.05) is 13.1 Å². The maximum atomic E-state index is 12.9. The van der Waals surface area contributed by atoms with Gasteiger partial charge in [-0.2, -0.15) is 5.10 Å². The number of amides is 1. The molecule has 0 saturated carbocycles. The first-order valence-corrected chi connectivity index (χ1v) is 9.66. The van der Waals surface area contributed by atoms with Crippen molar-refractivity contribution in [2.24, 2.45) is 0 Å². The van der Waals surface area contributed by atoms with Gasteiger partial charge < -0.3 is 10.0 Å². The third-order valence-corrected chi connectivity index (χ3v) is 5.61. The predicted octanol–water partition coefficient (Wildman–Crippen LogP) is 3.61. The van der Waals surface area contributed by atoms with Gasteiger partial charge in [-0.05, 0) is 67.6 Å². The van der Waals surface area contributed by atoms with Gasteiger partial charge >= 0.3 is 0 Å². The summed E-state index contributed by atoms with van der Waals surface area (Å²) >= 11 is 0. The quantitative estimate of drug-likeness (QED) is 0.761. The third-order valence-electron chi connectivity index (χ3n) is 5.61.